The van der Waals surface area contributed by atoms with Gasteiger partial charge in [-0.05, 0) is 43.9 Å². The summed E-state index contributed by atoms with van der Waals surface area (Å²) in [5, 5.41) is 5.36. The van der Waals surface area contributed by atoms with Gasteiger partial charge in [-0.1, -0.05) is 19.3 Å². The van der Waals surface area contributed by atoms with Crippen LogP contribution in [0.1, 0.15) is 44.9 Å². The highest BCUT2D eigenvalue weighted by Crippen LogP contribution is 2.27. The van der Waals surface area contributed by atoms with Crippen LogP contribution in [0.3, 0.4) is 0 Å². The smallest absolute Gasteiger partial charge is 0.321 e. The van der Waals surface area contributed by atoms with Crippen LogP contribution in [0.2, 0.25) is 0 Å². The largest absolute Gasteiger partial charge is 0.323 e. The lowest BCUT2D eigenvalue weighted by molar-refractivity contribution is -0.120. The van der Waals surface area contributed by atoms with Gasteiger partial charge in [0.05, 0.1) is 11.9 Å². The molecular formula is C20H29FN4O4S. The lowest BCUT2D eigenvalue weighted by Crippen LogP contribution is -2.50. The summed E-state index contributed by atoms with van der Waals surface area (Å²) in [5.41, 5.74) is 0.400. The first-order valence-electron chi connectivity index (χ1n) is 10.3. The van der Waals surface area contributed by atoms with E-state index < -0.39 is 21.9 Å². The van der Waals surface area contributed by atoms with Gasteiger partial charge in [-0.15, -0.1) is 0 Å². The Labute approximate surface area is 176 Å². The molecule has 0 radical (unpaired) electrons. The molecule has 30 heavy (non-hydrogen) atoms. The summed E-state index contributed by atoms with van der Waals surface area (Å²) < 4.78 is 39.6. The van der Waals surface area contributed by atoms with Gasteiger partial charge in [0, 0.05) is 30.7 Å². The van der Waals surface area contributed by atoms with E-state index in [2.05, 4.69) is 15.4 Å². The number of rotatable bonds is 5. The van der Waals surface area contributed by atoms with Crippen LogP contribution in [-0.4, -0.2) is 50.6 Å². The topological polar surface area (TPSA) is 108 Å². The zero-order valence-corrected chi connectivity index (χ0v) is 17.9. The molecule has 3 N–H and O–H groups in total. The Balaban J connectivity index is 1.61. The summed E-state index contributed by atoms with van der Waals surface area (Å²) in [6.45, 7) is 0.756. The van der Waals surface area contributed by atoms with Crippen molar-refractivity contribution in [1.82, 2.24) is 9.62 Å². The number of urea groups is 1. The molecule has 2 aliphatic rings. The maximum atomic E-state index is 14.2. The van der Waals surface area contributed by atoms with Crippen LogP contribution < -0.4 is 15.4 Å². The van der Waals surface area contributed by atoms with E-state index in [1.165, 1.54) is 23.1 Å². The van der Waals surface area contributed by atoms with Gasteiger partial charge in [0.2, 0.25) is 15.9 Å². The van der Waals surface area contributed by atoms with Gasteiger partial charge in [-0.25, -0.2) is 22.3 Å². The van der Waals surface area contributed by atoms with Crippen molar-refractivity contribution in [3.8, 4) is 0 Å². The molecule has 1 aliphatic heterocycles. The Hall–Kier alpha value is -2.20. The Kier molecular flexibility index (Phi) is 7.30. The predicted octanol–water partition coefficient (Wildman–Crippen LogP) is 2.89. The number of nitrogens with one attached hydrogen (secondary N) is 3. The van der Waals surface area contributed by atoms with E-state index in [0.29, 0.717) is 25.1 Å². The van der Waals surface area contributed by atoms with E-state index in [0.717, 1.165) is 38.4 Å². The molecule has 0 unspecified atom stereocenters. The summed E-state index contributed by atoms with van der Waals surface area (Å²) in [6.07, 6.45) is 7.16. The average molecular weight is 441 g/mol. The second-order valence-electron chi connectivity index (χ2n) is 8.12. The van der Waals surface area contributed by atoms with E-state index in [1.54, 1.807) is 0 Å². The Morgan fingerprint density at radius 1 is 1.07 bits per heavy atom. The maximum absolute atomic E-state index is 14.2. The molecule has 1 atom stereocenters. The number of halogens is 1. The molecule has 0 aromatic heterocycles. The predicted molar refractivity (Wildman–Crippen MR) is 113 cm³/mol. The van der Waals surface area contributed by atoms with E-state index in [1.807, 2.05) is 0 Å². The monoisotopic (exact) mass is 440 g/mol. The number of hydrogen-bond acceptors (Lipinski definition) is 4. The highest BCUT2D eigenvalue weighted by atomic mass is 32.2. The standard InChI is InChI=1S/C20H29FN4O4S/c1-30(28,29)24-16-8-5-11-25(13-16)20(27)22-15-9-10-17(21)18(12-15)23-19(26)14-6-3-2-4-7-14/h9-10,12,14,16,24H,2-8,11,13H2,1H3,(H,22,27)(H,23,26)/t16-/m1/s1. The van der Waals surface area contributed by atoms with Crippen LogP contribution in [0, 0.1) is 11.7 Å². The molecule has 3 amide bonds. The summed E-state index contributed by atoms with van der Waals surface area (Å²) in [5.74, 6) is -0.862. The molecule has 1 aliphatic carbocycles. The maximum Gasteiger partial charge on any atom is 0.321 e. The highest BCUT2D eigenvalue weighted by Gasteiger charge is 2.26. The van der Waals surface area contributed by atoms with Crippen LogP contribution in [0.25, 0.3) is 0 Å². The summed E-state index contributed by atoms with van der Waals surface area (Å²) in [6, 6.07) is 3.31. The average Bonchev–Trinajstić information content (AvgIpc) is 2.70. The molecular weight excluding hydrogens is 411 g/mol. The first-order valence-corrected chi connectivity index (χ1v) is 12.2. The normalized spacial score (nSPS) is 20.6. The fraction of sp³-hybridized carbons (Fsp3) is 0.600. The van der Waals surface area contributed by atoms with Gasteiger partial charge in [0.15, 0.2) is 0 Å². The summed E-state index contributed by atoms with van der Waals surface area (Å²) in [7, 11) is -3.35. The van der Waals surface area contributed by atoms with Gasteiger partial charge in [-0.2, -0.15) is 0 Å². The third-order valence-electron chi connectivity index (χ3n) is 5.54. The van der Waals surface area contributed by atoms with Crippen molar-refractivity contribution in [2.24, 2.45) is 5.92 Å². The number of sulfonamides is 1. The minimum Gasteiger partial charge on any atom is -0.323 e. The summed E-state index contributed by atoms with van der Waals surface area (Å²) >= 11 is 0. The van der Waals surface area contributed by atoms with Crippen molar-refractivity contribution < 1.29 is 22.4 Å². The van der Waals surface area contributed by atoms with Crippen LogP contribution in [0.15, 0.2) is 18.2 Å². The molecule has 10 heteroatoms. The second-order valence-corrected chi connectivity index (χ2v) is 9.90. The van der Waals surface area contributed by atoms with Gasteiger partial charge in [0.1, 0.15) is 5.82 Å². The number of hydrogen-bond donors (Lipinski definition) is 3. The molecule has 1 saturated carbocycles. The Morgan fingerprint density at radius 2 is 1.80 bits per heavy atom. The van der Waals surface area contributed by atoms with Crippen LogP contribution in [-0.2, 0) is 14.8 Å². The molecule has 8 nitrogen and oxygen atoms in total. The SMILES string of the molecule is CS(=O)(=O)N[C@@H]1CCCN(C(=O)Nc2ccc(F)c(NC(=O)C3CCCCC3)c2)C1. The number of piperidine rings is 1. The van der Waals surface area contributed by atoms with Crippen molar-refractivity contribution in [3.63, 3.8) is 0 Å². The number of carbonyl (C=O) groups is 2. The zero-order chi connectivity index (χ0) is 21.7. The third kappa shape index (κ3) is 6.40. The Bertz CT molecular complexity index is 887. The van der Waals surface area contributed by atoms with Crippen LogP contribution in [0.4, 0.5) is 20.6 Å². The van der Waals surface area contributed by atoms with E-state index in [4.69, 9.17) is 0 Å². The molecule has 0 spiro atoms. The molecule has 1 saturated heterocycles. The number of carbonyl (C=O) groups excluding carboxylic acids is 2. The van der Waals surface area contributed by atoms with Crippen LogP contribution in [0.5, 0.6) is 0 Å². The van der Waals surface area contributed by atoms with Crippen molar-refractivity contribution in [2.45, 2.75) is 51.0 Å². The van der Waals surface area contributed by atoms with Gasteiger partial charge >= 0.3 is 6.03 Å². The molecule has 1 aromatic carbocycles. The van der Waals surface area contributed by atoms with Crippen LogP contribution >= 0.6 is 0 Å². The lowest BCUT2D eigenvalue weighted by atomic mass is 9.88. The number of nitrogens with zero attached hydrogens (tertiary/aromatic N) is 1. The first-order chi connectivity index (χ1) is 14.2. The van der Waals surface area contributed by atoms with Gasteiger partial charge < -0.3 is 15.5 Å². The minimum absolute atomic E-state index is 0.0404. The minimum atomic E-state index is -3.35. The lowest BCUT2D eigenvalue weighted by Gasteiger charge is -2.32. The molecule has 166 valence electrons. The van der Waals surface area contributed by atoms with E-state index in [9.17, 15) is 22.4 Å². The van der Waals surface area contributed by atoms with Crippen molar-refractivity contribution in [1.29, 1.82) is 0 Å². The number of benzene rings is 1. The molecule has 0 bridgehead atoms. The van der Waals surface area contributed by atoms with E-state index >= 15 is 0 Å². The quantitative estimate of drug-likeness (QED) is 0.654. The summed E-state index contributed by atoms with van der Waals surface area (Å²) in [4.78, 5) is 26.5. The zero-order valence-electron chi connectivity index (χ0n) is 17.1. The fourth-order valence-corrected chi connectivity index (χ4v) is 4.86. The van der Waals surface area contributed by atoms with Crippen molar-refractivity contribution >= 4 is 33.3 Å². The number of amides is 3. The first kappa shape index (κ1) is 22.5. The Morgan fingerprint density at radius 3 is 2.50 bits per heavy atom. The highest BCUT2D eigenvalue weighted by molar-refractivity contribution is 7.88. The van der Waals surface area contributed by atoms with Crippen molar-refractivity contribution in [3.05, 3.63) is 24.0 Å². The molecule has 1 aromatic rings. The van der Waals surface area contributed by atoms with Gasteiger partial charge in [0.25, 0.3) is 0 Å². The molecule has 1 heterocycles. The number of likely N-dealkylation sites (tertiary alicyclic amines) is 1. The molecule has 2 fully saturated rings. The van der Waals surface area contributed by atoms with Gasteiger partial charge in [-0.3, -0.25) is 4.79 Å². The molecule has 3 rings (SSSR count). The second kappa shape index (κ2) is 9.74. The third-order valence-corrected chi connectivity index (χ3v) is 6.30. The van der Waals surface area contributed by atoms with Crippen molar-refractivity contribution in [2.75, 3.05) is 30.0 Å². The fourth-order valence-electron chi connectivity index (χ4n) is 4.06. The number of anilines is 2. The van der Waals surface area contributed by atoms with E-state index in [-0.39, 0.29) is 30.1 Å².